The van der Waals surface area contributed by atoms with Crippen LogP contribution in [0.1, 0.15) is 69.9 Å². The average molecular weight is 706 g/mol. The summed E-state index contributed by atoms with van der Waals surface area (Å²) >= 11 is 0. The summed E-state index contributed by atoms with van der Waals surface area (Å²) in [6.07, 6.45) is 8.66. The molecular formula is C38H52FN7O5. The van der Waals surface area contributed by atoms with Crippen LogP contribution in [-0.2, 0) is 9.47 Å². The highest BCUT2D eigenvalue weighted by Crippen LogP contribution is 2.49. The molecule has 4 aliphatic rings. The molecule has 1 aromatic carbocycles. The standard InChI is InChI=1S/C36H46FN7O5.C2H6/c1-21-16-26-25(17-38-42-26)28(22(21)2)31-30(37)32-29(34(39-31)46-3)33(43-12-15-48-19-24(45)18-43)41-35(40-32)49-20-36-9-4-6-27(36)44(11-5-10-36)23-7-13-47-14-8-23;1-2/h16-17,23-24,27,45H,4-15,18-20H2,1-3H3,(H,38,42);1-2H3. The summed E-state index contributed by atoms with van der Waals surface area (Å²) in [5.41, 5.74) is 3.45. The van der Waals surface area contributed by atoms with Crippen LogP contribution in [0.25, 0.3) is 33.1 Å². The zero-order valence-corrected chi connectivity index (χ0v) is 30.6. The molecule has 8 rings (SSSR count). The van der Waals surface area contributed by atoms with Crippen molar-refractivity contribution >= 4 is 27.6 Å². The van der Waals surface area contributed by atoms with E-state index in [9.17, 15) is 5.11 Å². The van der Waals surface area contributed by atoms with E-state index in [1.54, 1.807) is 6.20 Å². The summed E-state index contributed by atoms with van der Waals surface area (Å²) in [6, 6.07) is 3.07. The molecule has 3 atom stereocenters. The van der Waals surface area contributed by atoms with Gasteiger partial charge in [0.15, 0.2) is 5.82 Å². The van der Waals surface area contributed by atoms with Crippen LogP contribution in [-0.4, -0.2) is 113 Å². The summed E-state index contributed by atoms with van der Waals surface area (Å²) in [6.45, 7) is 12.4. The summed E-state index contributed by atoms with van der Waals surface area (Å²) in [5, 5.41) is 19.0. The molecule has 51 heavy (non-hydrogen) atoms. The van der Waals surface area contributed by atoms with Crippen LogP contribution in [0, 0.1) is 25.1 Å². The molecule has 2 N–H and O–H groups in total. The number of hydrogen-bond donors (Lipinski definition) is 2. The number of pyridine rings is 1. The van der Waals surface area contributed by atoms with Gasteiger partial charge in [0.2, 0.25) is 5.88 Å². The molecule has 1 saturated carbocycles. The Balaban J connectivity index is 0.00000200. The summed E-state index contributed by atoms with van der Waals surface area (Å²) < 4.78 is 41.0. The van der Waals surface area contributed by atoms with Crippen molar-refractivity contribution in [1.29, 1.82) is 0 Å². The molecular weight excluding hydrogens is 653 g/mol. The zero-order chi connectivity index (χ0) is 35.7. The number of aliphatic hydroxyl groups is 1. The lowest BCUT2D eigenvalue weighted by atomic mass is 9.74. The first-order valence-corrected chi connectivity index (χ1v) is 18.7. The molecule has 0 radical (unpaired) electrons. The molecule has 0 bridgehead atoms. The van der Waals surface area contributed by atoms with E-state index in [1.165, 1.54) is 7.11 Å². The van der Waals surface area contributed by atoms with Crippen molar-refractivity contribution in [3.8, 4) is 23.1 Å². The third-order valence-electron chi connectivity index (χ3n) is 11.5. The van der Waals surface area contributed by atoms with Gasteiger partial charge >= 0.3 is 6.01 Å². The molecule has 3 aromatic heterocycles. The number of nitrogens with zero attached hydrogens (tertiary/aromatic N) is 6. The number of β-amino-alcohol motifs (C(OH)–C–C–N with tert-alkyl or cyclic N) is 1. The molecule has 1 aliphatic carbocycles. The fourth-order valence-electron chi connectivity index (χ4n) is 8.93. The molecule has 3 aliphatic heterocycles. The highest BCUT2D eigenvalue weighted by atomic mass is 19.1. The lowest BCUT2D eigenvalue weighted by Crippen LogP contribution is -2.56. The van der Waals surface area contributed by atoms with Gasteiger partial charge in [0.05, 0.1) is 44.7 Å². The van der Waals surface area contributed by atoms with Crippen LogP contribution in [0.2, 0.25) is 0 Å². The van der Waals surface area contributed by atoms with Gasteiger partial charge in [-0.2, -0.15) is 15.1 Å². The predicted octanol–water partition coefficient (Wildman–Crippen LogP) is 5.75. The Kier molecular flexibility index (Phi) is 10.6. The van der Waals surface area contributed by atoms with Crippen molar-refractivity contribution in [3.63, 3.8) is 0 Å². The van der Waals surface area contributed by atoms with Crippen molar-refractivity contribution in [2.75, 3.05) is 64.7 Å². The van der Waals surface area contributed by atoms with E-state index in [4.69, 9.17) is 33.9 Å². The second-order valence-corrected chi connectivity index (χ2v) is 14.3. The Morgan fingerprint density at radius 1 is 1.04 bits per heavy atom. The van der Waals surface area contributed by atoms with Crippen molar-refractivity contribution in [2.24, 2.45) is 5.41 Å². The first kappa shape index (κ1) is 35.7. The third kappa shape index (κ3) is 6.62. The van der Waals surface area contributed by atoms with Gasteiger partial charge in [-0.1, -0.05) is 20.3 Å². The van der Waals surface area contributed by atoms with E-state index >= 15 is 4.39 Å². The van der Waals surface area contributed by atoms with Crippen LogP contribution in [0.3, 0.4) is 0 Å². The second kappa shape index (κ2) is 15.1. The van der Waals surface area contributed by atoms with Gasteiger partial charge in [0, 0.05) is 54.8 Å². The molecule has 13 heteroatoms. The number of methoxy groups -OCH3 is 1. The van der Waals surface area contributed by atoms with Gasteiger partial charge in [-0.3, -0.25) is 10.00 Å². The Bertz CT molecular complexity index is 1850. The van der Waals surface area contributed by atoms with Gasteiger partial charge in [0.1, 0.15) is 22.4 Å². The van der Waals surface area contributed by atoms with Crippen LogP contribution in [0.5, 0.6) is 11.9 Å². The van der Waals surface area contributed by atoms with Crippen LogP contribution in [0.15, 0.2) is 12.3 Å². The first-order chi connectivity index (χ1) is 24.9. The number of benzene rings is 1. The highest BCUT2D eigenvalue weighted by molar-refractivity contribution is 6.01. The Hall–Kier alpha value is -3.65. The van der Waals surface area contributed by atoms with Crippen molar-refractivity contribution in [3.05, 3.63) is 29.2 Å². The number of H-pyrrole nitrogens is 1. The summed E-state index contributed by atoms with van der Waals surface area (Å²) in [7, 11) is 1.52. The second-order valence-electron chi connectivity index (χ2n) is 14.3. The van der Waals surface area contributed by atoms with Gasteiger partial charge in [0.25, 0.3) is 0 Å². The Morgan fingerprint density at radius 3 is 2.65 bits per heavy atom. The Labute approximate surface area is 299 Å². The van der Waals surface area contributed by atoms with Crippen LogP contribution >= 0.6 is 0 Å². The molecule has 0 amide bonds. The predicted molar refractivity (Wildman–Crippen MR) is 194 cm³/mol. The van der Waals surface area contributed by atoms with Crippen molar-refractivity contribution in [1.82, 2.24) is 30.0 Å². The fourth-order valence-corrected chi connectivity index (χ4v) is 8.93. The highest BCUT2D eigenvalue weighted by Gasteiger charge is 2.50. The van der Waals surface area contributed by atoms with Crippen molar-refractivity contribution < 1.29 is 28.4 Å². The minimum atomic E-state index is -0.749. The van der Waals surface area contributed by atoms with Crippen molar-refractivity contribution in [2.45, 2.75) is 90.8 Å². The van der Waals surface area contributed by atoms with E-state index < -0.39 is 11.9 Å². The molecule has 12 nitrogen and oxygen atoms in total. The van der Waals surface area contributed by atoms with E-state index in [0.717, 1.165) is 86.7 Å². The number of piperidine rings is 1. The minimum absolute atomic E-state index is 0.0210. The number of aromatic nitrogens is 5. The monoisotopic (exact) mass is 705 g/mol. The normalized spacial score (nSPS) is 24.6. The number of rotatable bonds is 7. The number of aliphatic hydroxyl groups excluding tert-OH is 1. The number of ether oxygens (including phenoxy) is 4. The molecule has 276 valence electrons. The van der Waals surface area contributed by atoms with E-state index in [0.29, 0.717) is 48.6 Å². The molecule has 0 spiro atoms. The quantitative estimate of drug-likeness (QED) is 0.244. The molecule has 6 heterocycles. The largest absolute Gasteiger partial charge is 0.480 e. The summed E-state index contributed by atoms with van der Waals surface area (Å²) in [4.78, 5) is 19.1. The summed E-state index contributed by atoms with van der Waals surface area (Å²) in [5.74, 6) is 0.00750. The van der Waals surface area contributed by atoms with Gasteiger partial charge in [-0.25, -0.2) is 9.37 Å². The number of aryl methyl sites for hydroxylation is 1. The lowest BCUT2D eigenvalue weighted by molar-refractivity contribution is -0.0511. The van der Waals surface area contributed by atoms with Gasteiger partial charge in [-0.05, 0) is 76.1 Å². The number of anilines is 1. The zero-order valence-electron chi connectivity index (χ0n) is 30.6. The maximum Gasteiger partial charge on any atom is 0.319 e. The Morgan fingerprint density at radius 2 is 1.84 bits per heavy atom. The third-order valence-corrected chi connectivity index (χ3v) is 11.5. The van der Waals surface area contributed by atoms with Gasteiger partial charge < -0.3 is 29.0 Å². The maximum absolute atomic E-state index is 17.2. The first-order valence-electron chi connectivity index (χ1n) is 18.7. The van der Waals surface area contributed by atoms with Gasteiger partial charge in [-0.15, -0.1) is 0 Å². The maximum atomic E-state index is 17.2. The minimum Gasteiger partial charge on any atom is -0.480 e. The fraction of sp³-hybridized carbons (Fsp3) is 0.632. The number of hydrogen-bond acceptors (Lipinski definition) is 11. The van der Waals surface area contributed by atoms with E-state index in [2.05, 4.69) is 15.1 Å². The number of fused-ring (bicyclic) bond motifs is 3. The molecule has 4 fully saturated rings. The topological polar surface area (TPSA) is 131 Å². The molecule has 3 unspecified atom stereocenters. The number of halogens is 1. The molecule has 4 aromatic rings. The number of likely N-dealkylation sites (tertiary alicyclic amines) is 1. The SMILES string of the molecule is CC.COc1nc(-c2c(C)c(C)cc3[nH]ncc23)c(F)c2nc(OCC34CCCC3N(C3CCOCC3)CCC4)nc(N3CCOCC(O)C3)c12. The van der Waals surface area contributed by atoms with E-state index in [-0.39, 0.29) is 41.7 Å². The van der Waals surface area contributed by atoms with Crippen LogP contribution in [0.4, 0.5) is 10.2 Å². The molecule has 3 saturated heterocycles. The number of nitrogens with one attached hydrogen (secondary N) is 1. The van der Waals surface area contributed by atoms with Crippen LogP contribution < -0.4 is 14.4 Å². The average Bonchev–Trinajstić information content (AvgIpc) is 3.75. The van der Waals surface area contributed by atoms with E-state index in [1.807, 2.05) is 38.7 Å². The smallest absolute Gasteiger partial charge is 0.319 e. The lowest BCUT2D eigenvalue weighted by Gasteiger charge is -2.50. The number of aromatic amines is 1.